The van der Waals surface area contributed by atoms with E-state index in [2.05, 4.69) is 16.0 Å². The van der Waals surface area contributed by atoms with Gasteiger partial charge in [-0.2, -0.15) is 0 Å². The molecule has 0 bridgehead atoms. The summed E-state index contributed by atoms with van der Waals surface area (Å²) in [7, 11) is 0. The molecular weight excluding hydrogens is 384 g/mol. The number of halogens is 3. The summed E-state index contributed by atoms with van der Waals surface area (Å²) in [5, 5.41) is 8.55. The molecule has 0 radical (unpaired) electrons. The average molecular weight is 400 g/mol. The molecule has 0 fully saturated rings. The predicted molar refractivity (Wildman–Crippen MR) is 104 cm³/mol. The molecule has 0 aliphatic heterocycles. The van der Waals surface area contributed by atoms with E-state index < -0.39 is 11.0 Å². The van der Waals surface area contributed by atoms with Gasteiger partial charge in [-0.05, 0) is 55.5 Å². The second-order valence-corrected chi connectivity index (χ2v) is 6.83. The Labute approximate surface area is 160 Å². The molecule has 2 aromatic rings. The van der Waals surface area contributed by atoms with Crippen LogP contribution >= 0.6 is 35.4 Å². The van der Waals surface area contributed by atoms with E-state index >= 15 is 0 Å². The smallest absolute Gasteiger partial charge is 0.252 e. The molecule has 132 valence electrons. The molecule has 1 amide bonds. The number of benzene rings is 2. The van der Waals surface area contributed by atoms with Crippen LogP contribution in [0.5, 0.6) is 0 Å². The normalized spacial score (nSPS) is 11.7. The number of alkyl halides is 2. The molecule has 8 heteroatoms. The fraction of sp³-hybridized carbons (Fsp3) is 0.176. The summed E-state index contributed by atoms with van der Waals surface area (Å²) in [6.07, 6.45) is -0.808. The maximum atomic E-state index is 12.9. The third kappa shape index (κ3) is 6.16. The number of hydrogen-bond acceptors (Lipinski definition) is 2. The topological polar surface area (TPSA) is 53.2 Å². The van der Waals surface area contributed by atoms with Gasteiger partial charge in [-0.25, -0.2) is 4.39 Å². The summed E-state index contributed by atoms with van der Waals surface area (Å²) in [6, 6.07) is 12.7. The van der Waals surface area contributed by atoms with E-state index in [1.54, 1.807) is 12.1 Å². The molecule has 1 atom stereocenters. The number of nitrogens with one attached hydrogen (secondary N) is 3. The highest BCUT2D eigenvalue weighted by atomic mass is 35.5. The predicted octanol–water partition coefficient (Wildman–Crippen LogP) is 3.98. The second kappa shape index (κ2) is 8.99. The van der Waals surface area contributed by atoms with Crippen molar-refractivity contribution < 1.29 is 9.18 Å². The molecule has 25 heavy (non-hydrogen) atoms. The monoisotopic (exact) mass is 399 g/mol. The summed E-state index contributed by atoms with van der Waals surface area (Å²) >= 11 is 17.0. The molecule has 2 aromatic carbocycles. The van der Waals surface area contributed by atoms with Crippen LogP contribution in [-0.2, 0) is 0 Å². The van der Waals surface area contributed by atoms with Crippen LogP contribution in [0.2, 0.25) is 0 Å². The quantitative estimate of drug-likeness (QED) is 0.404. The zero-order chi connectivity index (χ0) is 18.4. The van der Waals surface area contributed by atoms with E-state index in [0.717, 1.165) is 5.56 Å². The molecule has 0 saturated carbocycles. The lowest BCUT2D eigenvalue weighted by atomic mass is 10.1. The van der Waals surface area contributed by atoms with E-state index in [1.165, 1.54) is 24.3 Å². The van der Waals surface area contributed by atoms with Gasteiger partial charge in [0.2, 0.25) is 0 Å². The Bertz CT molecular complexity index is 739. The van der Waals surface area contributed by atoms with Crippen LogP contribution in [0.4, 0.5) is 10.1 Å². The minimum atomic E-state index is -0.942. The van der Waals surface area contributed by atoms with Crippen molar-refractivity contribution in [3.8, 4) is 0 Å². The summed E-state index contributed by atoms with van der Waals surface area (Å²) in [5.74, 6) is -0.692. The molecule has 0 saturated heterocycles. The highest BCUT2D eigenvalue weighted by molar-refractivity contribution is 7.80. The van der Waals surface area contributed by atoms with E-state index in [1.807, 2.05) is 19.1 Å². The molecule has 0 spiro atoms. The van der Waals surface area contributed by atoms with E-state index in [0.29, 0.717) is 11.3 Å². The maximum Gasteiger partial charge on any atom is 0.252 e. The Morgan fingerprint density at radius 2 is 1.64 bits per heavy atom. The number of hydrogen-bond donors (Lipinski definition) is 3. The Morgan fingerprint density at radius 3 is 2.20 bits per heavy atom. The van der Waals surface area contributed by atoms with Gasteiger partial charge in [-0.1, -0.05) is 17.7 Å². The van der Waals surface area contributed by atoms with Crippen molar-refractivity contribution in [2.24, 2.45) is 0 Å². The van der Waals surface area contributed by atoms with Crippen molar-refractivity contribution in [1.82, 2.24) is 10.6 Å². The number of anilines is 1. The lowest BCUT2D eigenvalue weighted by Crippen LogP contribution is -2.52. The van der Waals surface area contributed by atoms with Gasteiger partial charge in [0.25, 0.3) is 5.91 Å². The largest absolute Gasteiger partial charge is 0.340 e. The van der Waals surface area contributed by atoms with Gasteiger partial charge in [0, 0.05) is 11.3 Å². The van der Waals surface area contributed by atoms with Gasteiger partial charge in [0.05, 0.1) is 0 Å². The summed E-state index contributed by atoms with van der Waals surface area (Å²) < 4.78 is 12.9. The van der Waals surface area contributed by atoms with Gasteiger partial charge in [-0.15, -0.1) is 23.2 Å². The third-order valence-corrected chi connectivity index (χ3v) is 3.96. The SMILES string of the molecule is Cc1ccc(C(=O)N[C@@H](NC(=S)Nc2ccc(F)cc2)C(Cl)Cl)cc1. The Kier molecular flexibility index (Phi) is 6.99. The average Bonchev–Trinajstić information content (AvgIpc) is 2.56. The molecule has 3 N–H and O–H groups in total. The first-order valence-electron chi connectivity index (χ1n) is 7.34. The maximum absolute atomic E-state index is 12.9. The van der Waals surface area contributed by atoms with Gasteiger partial charge in [-0.3, -0.25) is 4.79 Å². The minimum absolute atomic E-state index is 0.187. The highest BCUT2D eigenvalue weighted by Crippen LogP contribution is 2.11. The Hall–Kier alpha value is -1.89. The molecular formula is C17H16Cl2FN3OS. The van der Waals surface area contributed by atoms with Crippen LogP contribution in [0.1, 0.15) is 15.9 Å². The van der Waals surface area contributed by atoms with Crippen molar-refractivity contribution in [3.05, 3.63) is 65.5 Å². The van der Waals surface area contributed by atoms with Crippen LogP contribution in [0.3, 0.4) is 0 Å². The third-order valence-electron chi connectivity index (χ3n) is 3.24. The number of thiocarbonyl (C=S) groups is 1. The Balaban J connectivity index is 1.97. The van der Waals surface area contributed by atoms with Crippen molar-refractivity contribution in [2.45, 2.75) is 17.9 Å². The first-order valence-corrected chi connectivity index (χ1v) is 8.62. The lowest BCUT2D eigenvalue weighted by molar-refractivity contribution is 0.0936. The van der Waals surface area contributed by atoms with Crippen molar-refractivity contribution in [3.63, 3.8) is 0 Å². The number of carbonyl (C=O) groups is 1. The highest BCUT2D eigenvalue weighted by Gasteiger charge is 2.21. The van der Waals surface area contributed by atoms with E-state index in [4.69, 9.17) is 35.4 Å². The molecule has 4 nitrogen and oxygen atoms in total. The first-order chi connectivity index (χ1) is 11.8. The number of aryl methyl sites for hydroxylation is 1. The standard InChI is InChI=1S/C17H16Cl2FN3OS/c1-10-2-4-11(5-3-10)16(24)22-15(14(18)19)23-17(25)21-13-8-6-12(20)7-9-13/h2-9,14-15H,1H3,(H,22,24)(H2,21,23,25)/t15-/m0/s1. The van der Waals surface area contributed by atoms with Gasteiger partial charge < -0.3 is 16.0 Å². The van der Waals surface area contributed by atoms with Crippen molar-refractivity contribution in [1.29, 1.82) is 0 Å². The van der Waals surface area contributed by atoms with Gasteiger partial charge >= 0.3 is 0 Å². The molecule has 0 aliphatic rings. The van der Waals surface area contributed by atoms with E-state index in [-0.39, 0.29) is 16.8 Å². The van der Waals surface area contributed by atoms with Gasteiger partial charge in [0.1, 0.15) is 16.8 Å². The Morgan fingerprint density at radius 1 is 1.04 bits per heavy atom. The van der Waals surface area contributed by atoms with Crippen LogP contribution in [-0.4, -0.2) is 22.0 Å². The summed E-state index contributed by atoms with van der Waals surface area (Å²) in [5.41, 5.74) is 2.11. The summed E-state index contributed by atoms with van der Waals surface area (Å²) in [4.78, 5) is 11.3. The molecule has 0 aromatic heterocycles. The van der Waals surface area contributed by atoms with Crippen LogP contribution < -0.4 is 16.0 Å². The van der Waals surface area contributed by atoms with Crippen molar-refractivity contribution >= 4 is 52.1 Å². The molecule has 0 unspecified atom stereocenters. The van der Waals surface area contributed by atoms with E-state index in [9.17, 15) is 9.18 Å². The zero-order valence-electron chi connectivity index (χ0n) is 13.2. The number of rotatable bonds is 5. The number of amides is 1. The first kappa shape index (κ1) is 19.4. The fourth-order valence-corrected chi connectivity index (χ4v) is 2.43. The van der Waals surface area contributed by atoms with Crippen LogP contribution in [0.25, 0.3) is 0 Å². The molecule has 0 aliphatic carbocycles. The molecule has 2 rings (SSSR count). The van der Waals surface area contributed by atoms with Crippen LogP contribution in [0, 0.1) is 12.7 Å². The number of carbonyl (C=O) groups excluding carboxylic acids is 1. The minimum Gasteiger partial charge on any atom is -0.340 e. The zero-order valence-corrected chi connectivity index (χ0v) is 15.6. The molecule has 0 heterocycles. The second-order valence-electron chi connectivity index (χ2n) is 5.26. The van der Waals surface area contributed by atoms with Crippen LogP contribution in [0.15, 0.2) is 48.5 Å². The fourth-order valence-electron chi connectivity index (χ4n) is 1.93. The lowest BCUT2D eigenvalue weighted by Gasteiger charge is -2.23. The summed E-state index contributed by atoms with van der Waals surface area (Å²) in [6.45, 7) is 1.93. The van der Waals surface area contributed by atoms with Gasteiger partial charge in [0.15, 0.2) is 5.11 Å². The van der Waals surface area contributed by atoms with Crippen molar-refractivity contribution in [2.75, 3.05) is 5.32 Å².